The van der Waals surface area contributed by atoms with E-state index in [4.69, 9.17) is 4.74 Å². The average Bonchev–Trinajstić information content (AvgIpc) is 4.25. The highest BCUT2D eigenvalue weighted by Crippen LogP contribution is 2.33. The molecule has 2 aliphatic heterocycles. The molecule has 0 unspecified atom stereocenters. The SMILES string of the molecule is COc1c[n+](-c2ccc(/C(C#N)=C3/CCN(C(=O)C(=O)c4c[nH]c5c(-n6ccnn6)ncc(F)c45)NC3)cc2)c(-n2cnc(C)n2)c2[nH]cc(C(=O)C(=O)N3CC/C(=C(\C#N)c4ccccc4)CN3)c12. The molecule has 0 saturated carbocycles. The maximum Gasteiger partial charge on any atom is 0.338 e. The van der Waals surface area contributed by atoms with Crippen LogP contribution in [0.15, 0.2) is 109 Å². The molecule has 8 heterocycles. The lowest BCUT2D eigenvalue weighted by Gasteiger charge is -2.29. The van der Waals surface area contributed by atoms with Crippen molar-refractivity contribution in [1.29, 1.82) is 10.5 Å². The topological polar surface area (TPSA) is 265 Å². The molecule has 2 saturated heterocycles. The highest BCUT2D eigenvalue weighted by molar-refractivity contribution is 6.45. The first-order valence-electron chi connectivity index (χ1n) is 21.7. The maximum absolute atomic E-state index is 15.1. The highest BCUT2D eigenvalue weighted by Gasteiger charge is 2.34. The number of carbonyl (C=O) groups is 4. The van der Waals surface area contributed by atoms with Crippen molar-refractivity contribution in [3.63, 3.8) is 0 Å². The largest absolute Gasteiger partial charge is 0.492 e. The molecule has 2 amide bonds. The van der Waals surface area contributed by atoms with E-state index in [1.807, 2.05) is 30.3 Å². The van der Waals surface area contributed by atoms with Crippen LogP contribution in [-0.2, 0) is 9.59 Å². The van der Waals surface area contributed by atoms with E-state index in [2.05, 4.69) is 58.3 Å². The molecule has 2 aromatic carbocycles. The monoisotopic (exact) mass is 937 g/mol. The third-order valence-electron chi connectivity index (χ3n) is 12.2. The van der Waals surface area contributed by atoms with Gasteiger partial charge < -0.3 is 14.7 Å². The van der Waals surface area contributed by atoms with Gasteiger partial charge in [-0.3, -0.25) is 29.2 Å². The van der Waals surface area contributed by atoms with Crippen LogP contribution < -0.4 is 20.2 Å². The molecule has 4 N–H and O–H groups in total. The van der Waals surface area contributed by atoms with E-state index in [0.717, 1.165) is 22.3 Å². The number of rotatable bonds is 10. The van der Waals surface area contributed by atoms with Crippen LogP contribution in [0.1, 0.15) is 50.5 Å². The second kappa shape index (κ2) is 18.3. The van der Waals surface area contributed by atoms with Crippen LogP contribution in [0.3, 0.4) is 0 Å². The van der Waals surface area contributed by atoms with Crippen molar-refractivity contribution in [2.24, 2.45) is 0 Å². The minimum absolute atomic E-state index is 0.0487. The predicted octanol–water partition coefficient (Wildman–Crippen LogP) is 3.73. The first-order valence-corrected chi connectivity index (χ1v) is 21.7. The van der Waals surface area contributed by atoms with Gasteiger partial charge in [-0.1, -0.05) is 45.3 Å². The standard InChI is InChI=1S/C48H37FN16O5/c1-27-55-26-65(59-27)46-42-40(36(23-53-42)44(67)48(69)64-15-12-30(20-57-64)33(18-50)28-6-4-3-5-7-28)38(70-2)25-61(46)32-10-8-29(9-11-32)34(19-51)31-13-16-63(58-21-31)47(68)43(66)35-22-52-41-39(35)37(49)24-54-45(41)62-17-14-56-60-62/h3-11,14,17,22-26,57-58H,12-13,15-16,20-21H2,1-2H3,(H,52,54,66)/p+1/b33-30-,34-31-. The first kappa shape index (κ1) is 44.3. The second-order valence-electron chi connectivity index (χ2n) is 16.1. The third kappa shape index (κ3) is 7.79. The molecule has 22 heteroatoms. The maximum atomic E-state index is 15.1. The minimum Gasteiger partial charge on any atom is -0.492 e. The van der Waals surface area contributed by atoms with Crippen molar-refractivity contribution in [1.82, 2.24) is 65.6 Å². The number of hydrogen-bond acceptors (Lipinski definition) is 14. The quantitative estimate of drug-likeness (QED) is 0.0659. The second-order valence-corrected chi connectivity index (χ2v) is 16.1. The van der Waals surface area contributed by atoms with Gasteiger partial charge in [-0.15, -0.1) is 5.10 Å². The summed E-state index contributed by atoms with van der Waals surface area (Å²) >= 11 is 0. The number of hydrogen-bond donors (Lipinski definition) is 4. The fourth-order valence-electron chi connectivity index (χ4n) is 8.74. The smallest absolute Gasteiger partial charge is 0.338 e. The summed E-state index contributed by atoms with van der Waals surface area (Å²) in [6.07, 6.45) is 10.4. The summed E-state index contributed by atoms with van der Waals surface area (Å²) in [7, 11) is 1.45. The van der Waals surface area contributed by atoms with Crippen LogP contribution in [0, 0.1) is 35.4 Å². The lowest BCUT2D eigenvalue weighted by atomic mass is 9.97. The van der Waals surface area contributed by atoms with Crippen molar-refractivity contribution >= 4 is 56.3 Å². The minimum atomic E-state index is -0.946. The molecular weight excluding hydrogens is 900 g/mol. The molecule has 2 fully saturated rings. The van der Waals surface area contributed by atoms with Crippen molar-refractivity contribution in [3.8, 4) is 35.2 Å². The molecule has 346 valence electrons. The van der Waals surface area contributed by atoms with Crippen molar-refractivity contribution in [2.75, 3.05) is 33.3 Å². The predicted molar refractivity (Wildman–Crippen MR) is 246 cm³/mol. The Hall–Kier alpha value is -9.51. The van der Waals surface area contributed by atoms with Gasteiger partial charge >= 0.3 is 17.6 Å². The number of pyridine rings is 2. The van der Waals surface area contributed by atoms with Gasteiger partial charge in [-0.05, 0) is 66.3 Å². The van der Waals surface area contributed by atoms with Gasteiger partial charge in [0.1, 0.15) is 17.4 Å². The molecule has 6 aromatic heterocycles. The Bertz CT molecular complexity index is 3560. The van der Waals surface area contributed by atoms with Crippen molar-refractivity contribution in [3.05, 3.63) is 143 Å². The van der Waals surface area contributed by atoms with Crippen LogP contribution >= 0.6 is 0 Å². The fraction of sp³-hybridized carbons (Fsp3) is 0.167. The van der Waals surface area contributed by atoms with Gasteiger partial charge in [0.05, 0.1) is 76.4 Å². The van der Waals surface area contributed by atoms with Gasteiger partial charge in [0.25, 0.3) is 11.6 Å². The molecule has 10 rings (SSSR count). The number of nitrogens with zero attached hydrogens (tertiary/aromatic N) is 12. The van der Waals surface area contributed by atoms with E-state index < -0.39 is 29.2 Å². The molecule has 2 aliphatic rings. The van der Waals surface area contributed by atoms with Gasteiger partial charge in [-0.25, -0.2) is 24.9 Å². The number of benzene rings is 2. The summed E-state index contributed by atoms with van der Waals surface area (Å²) in [6, 6.07) is 21.0. The van der Waals surface area contributed by atoms with Gasteiger partial charge in [-0.2, -0.15) is 20.1 Å². The number of ether oxygens (including phenoxy) is 1. The van der Waals surface area contributed by atoms with Gasteiger partial charge in [0.2, 0.25) is 6.33 Å². The molecule has 0 aliphatic carbocycles. The number of Topliss-reactive ketones (excluding diaryl/α,β-unsaturated/α-hetero) is 2. The van der Waals surface area contributed by atoms with Gasteiger partial charge in [0, 0.05) is 38.6 Å². The summed E-state index contributed by atoms with van der Waals surface area (Å²) in [4.78, 5) is 69.3. The van der Waals surface area contributed by atoms with Crippen LogP contribution in [0.25, 0.3) is 50.3 Å². The third-order valence-corrected chi connectivity index (χ3v) is 12.2. The van der Waals surface area contributed by atoms with E-state index in [0.29, 0.717) is 56.9 Å². The molecule has 0 spiro atoms. The molecule has 8 aromatic rings. The summed E-state index contributed by atoms with van der Waals surface area (Å²) in [5.41, 5.74) is 10.8. The Kier molecular flexibility index (Phi) is 11.6. The number of H-pyrrole nitrogens is 2. The number of carbonyl (C=O) groups excluding carboxylic acids is 4. The summed E-state index contributed by atoms with van der Waals surface area (Å²) in [5.74, 6) is -2.85. The number of hydrazine groups is 2. The summed E-state index contributed by atoms with van der Waals surface area (Å²) < 4.78 is 25.6. The lowest BCUT2D eigenvalue weighted by Crippen LogP contribution is -2.50. The molecule has 21 nitrogen and oxygen atoms in total. The number of ketones is 2. The number of nitriles is 2. The Morgan fingerprint density at radius 1 is 0.786 bits per heavy atom. The number of nitrogens with one attached hydrogen (secondary N) is 4. The molecule has 0 radical (unpaired) electrons. The highest BCUT2D eigenvalue weighted by atomic mass is 19.1. The van der Waals surface area contributed by atoms with Crippen molar-refractivity contribution in [2.45, 2.75) is 19.8 Å². The van der Waals surface area contributed by atoms with Crippen LogP contribution in [0.2, 0.25) is 0 Å². The number of fused-ring (bicyclic) bond motifs is 2. The number of methoxy groups -OCH3 is 1. The van der Waals surface area contributed by atoms with E-state index in [9.17, 15) is 29.7 Å². The van der Waals surface area contributed by atoms with E-state index in [1.165, 1.54) is 52.6 Å². The number of aryl methyl sites for hydroxylation is 1. The Morgan fingerprint density at radius 2 is 1.40 bits per heavy atom. The molecule has 70 heavy (non-hydrogen) atoms. The zero-order valence-electron chi connectivity index (χ0n) is 37.3. The van der Waals surface area contributed by atoms with Crippen LogP contribution in [-0.4, -0.2) is 111 Å². The van der Waals surface area contributed by atoms with Crippen LogP contribution in [0.4, 0.5) is 4.39 Å². The number of aromatic amines is 2. The van der Waals surface area contributed by atoms with Crippen molar-refractivity contribution < 1.29 is 32.9 Å². The number of allylic oxidation sites excluding steroid dienone is 2. The first-order chi connectivity index (χ1) is 34.1. The van der Waals surface area contributed by atoms with E-state index >= 15 is 4.39 Å². The van der Waals surface area contributed by atoms with E-state index in [-0.39, 0.29) is 66.2 Å². The Morgan fingerprint density at radius 3 is 1.94 bits per heavy atom. The summed E-state index contributed by atoms with van der Waals surface area (Å²) in [6.45, 7) is 2.22. The Balaban J connectivity index is 0.890. The molecule has 0 bridgehead atoms. The fourth-order valence-corrected chi connectivity index (χ4v) is 8.74. The van der Waals surface area contributed by atoms with Gasteiger partial charge in [0.15, 0.2) is 23.2 Å². The summed E-state index contributed by atoms with van der Waals surface area (Å²) in [5, 5.41) is 35.2. The average molecular weight is 938 g/mol. The lowest BCUT2D eigenvalue weighted by molar-refractivity contribution is -0.589. The van der Waals surface area contributed by atoms with Crippen LogP contribution in [0.5, 0.6) is 5.75 Å². The molecule has 0 atom stereocenters. The normalized spacial score (nSPS) is 15.4. The number of halogens is 1. The number of amides is 2. The zero-order valence-corrected chi connectivity index (χ0v) is 37.3. The zero-order chi connectivity index (χ0) is 48.6. The molecular formula is C48H38FN16O5+. The Labute approximate surface area is 395 Å². The van der Waals surface area contributed by atoms with E-state index in [1.54, 1.807) is 42.0 Å². The number of aromatic nitrogens is 10.